The molecule has 3 aromatic heterocycles. The van der Waals surface area contributed by atoms with E-state index in [4.69, 9.17) is 4.52 Å². The van der Waals surface area contributed by atoms with Crippen LogP contribution in [0.4, 0.5) is 0 Å². The molecule has 1 N–H and O–H groups in total. The second-order valence-electron chi connectivity index (χ2n) is 6.12. The summed E-state index contributed by atoms with van der Waals surface area (Å²) in [7, 11) is 0. The minimum Gasteiger partial charge on any atom is -0.361 e. The van der Waals surface area contributed by atoms with Crippen LogP contribution < -0.4 is 0 Å². The van der Waals surface area contributed by atoms with Crippen molar-refractivity contribution < 1.29 is 9.32 Å². The summed E-state index contributed by atoms with van der Waals surface area (Å²) in [6.07, 6.45) is 6.59. The van der Waals surface area contributed by atoms with Crippen LogP contribution in [-0.4, -0.2) is 37.5 Å². The van der Waals surface area contributed by atoms with Crippen LogP contribution in [0.5, 0.6) is 0 Å². The highest BCUT2D eigenvalue weighted by molar-refractivity contribution is 5.96. The number of H-pyrrole nitrogens is 1. The molecule has 7 nitrogen and oxygen atoms in total. The number of carbonyl (C=O) groups is 1. The number of amides is 1. The van der Waals surface area contributed by atoms with Gasteiger partial charge in [-0.1, -0.05) is 18.1 Å². The highest BCUT2D eigenvalue weighted by Crippen LogP contribution is 2.34. The zero-order valence-corrected chi connectivity index (χ0v) is 14.2. The minimum absolute atomic E-state index is 0.0712. The van der Waals surface area contributed by atoms with Crippen LogP contribution in [0.1, 0.15) is 51.7 Å². The van der Waals surface area contributed by atoms with Gasteiger partial charge in [0.25, 0.3) is 5.91 Å². The zero-order valence-electron chi connectivity index (χ0n) is 14.2. The van der Waals surface area contributed by atoms with Crippen LogP contribution in [0.15, 0.2) is 35.4 Å². The van der Waals surface area contributed by atoms with E-state index in [0.29, 0.717) is 30.0 Å². The lowest BCUT2D eigenvalue weighted by Crippen LogP contribution is -2.41. The fourth-order valence-corrected chi connectivity index (χ4v) is 3.45. The molecule has 1 unspecified atom stereocenters. The molecule has 0 saturated carbocycles. The number of pyridine rings is 1. The molecule has 3 aromatic rings. The smallest absolute Gasteiger partial charge is 0.260 e. The summed E-state index contributed by atoms with van der Waals surface area (Å²) in [5, 5.41) is 4.03. The molecule has 0 radical (unpaired) electrons. The third-order valence-corrected chi connectivity index (χ3v) is 4.67. The Morgan fingerprint density at radius 1 is 1.48 bits per heavy atom. The number of aromatic amines is 1. The van der Waals surface area contributed by atoms with E-state index in [0.717, 1.165) is 23.4 Å². The summed E-state index contributed by atoms with van der Waals surface area (Å²) in [6, 6.07) is 3.58. The van der Waals surface area contributed by atoms with Crippen molar-refractivity contribution >= 4 is 5.91 Å². The molecule has 0 bridgehead atoms. The second kappa shape index (κ2) is 6.16. The van der Waals surface area contributed by atoms with Crippen molar-refractivity contribution in [3.05, 3.63) is 64.8 Å². The number of fused-ring (bicyclic) bond motifs is 1. The van der Waals surface area contributed by atoms with Crippen molar-refractivity contribution in [3.8, 4) is 0 Å². The predicted molar refractivity (Wildman–Crippen MR) is 90.0 cm³/mol. The average molecular weight is 337 g/mol. The highest BCUT2D eigenvalue weighted by Gasteiger charge is 2.36. The third-order valence-electron chi connectivity index (χ3n) is 4.67. The standard InChI is InChI=1S/C18H19N5O2/c1-3-13-15(11(2)25-22-13)18(24)23-8-6-14-16(21-10-20-14)17(23)12-5-4-7-19-9-12/h4-5,7,9-10,17H,3,6,8H2,1-2H3,(H,20,21). The molecule has 0 aromatic carbocycles. The van der Waals surface area contributed by atoms with Crippen molar-refractivity contribution in [1.82, 2.24) is 25.0 Å². The van der Waals surface area contributed by atoms with Gasteiger partial charge < -0.3 is 14.4 Å². The van der Waals surface area contributed by atoms with Gasteiger partial charge in [-0.05, 0) is 25.0 Å². The third kappa shape index (κ3) is 2.52. The molecule has 1 atom stereocenters. The van der Waals surface area contributed by atoms with Crippen molar-refractivity contribution in [2.75, 3.05) is 6.54 Å². The zero-order chi connectivity index (χ0) is 17.4. The van der Waals surface area contributed by atoms with Crippen molar-refractivity contribution in [2.24, 2.45) is 0 Å². The summed E-state index contributed by atoms with van der Waals surface area (Å²) >= 11 is 0. The lowest BCUT2D eigenvalue weighted by atomic mass is 9.95. The van der Waals surface area contributed by atoms with E-state index in [9.17, 15) is 4.79 Å². The number of hydrogen-bond donors (Lipinski definition) is 1. The number of aryl methyl sites for hydroxylation is 2. The van der Waals surface area contributed by atoms with Gasteiger partial charge in [-0.3, -0.25) is 9.78 Å². The van der Waals surface area contributed by atoms with E-state index >= 15 is 0 Å². The van der Waals surface area contributed by atoms with Crippen LogP contribution in [0.25, 0.3) is 0 Å². The summed E-state index contributed by atoms with van der Waals surface area (Å²) in [5.41, 5.74) is 4.14. The van der Waals surface area contributed by atoms with E-state index in [1.165, 1.54) is 0 Å². The first kappa shape index (κ1) is 15.6. The Morgan fingerprint density at radius 2 is 2.36 bits per heavy atom. The molecular weight excluding hydrogens is 318 g/mol. The van der Waals surface area contributed by atoms with Gasteiger partial charge in [0.2, 0.25) is 0 Å². The van der Waals surface area contributed by atoms with Crippen LogP contribution in [0, 0.1) is 6.92 Å². The molecule has 1 aliphatic rings. The molecule has 128 valence electrons. The van der Waals surface area contributed by atoms with E-state index in [2.05, 4.69) is 20.1 Å². The van der Waals surface area contributed by atoms with E-state index in [1.807, 2.05) is 24.0 Å². The molecule has 0 spiro atoms. The molecule has 0 saturated heterocycles. The van der Waals surface area contributed by atoms with E-state index < -0.39 is 0 Å². The van der Waals surface area contributed by atoms with Gasteiger partial charge in [0.15, 0.2) is 0 Å². The number of rotatable bonds is 3. The van der Waals surface area contributed by atoms with Crippen LogP contribution in [0.3, 0.4) is 0 Å². The number of nitrogens with one attached hydrogen (secondary N) is 1. The Hall–Kier alpha value is -2.96. The fourth-order valence-electron chi connectivity index (χ4n) is 3.45. The Bertz CT molecular complexity index is 899. The largest absolute Gasteiger partial charge is 0.361 e. The first-order valence-corrected chi connectivity index (χ1v) is 8.38. The molecule has 1 aliphatic heterocycles. The van der Waals surface area contributed by atoms with Gasteiger partial charge in [-0.25, -0.2) is 4.98 Å². The van der Waals surface area contributed by atoms with Crippen molar-refractivity contribution in [3.63, 3.8) is 0 Å². The van der Waals surface area contributed by atoms with Gasteiger partial charge in [0.1, 0.15) is 17.4 Å². The molecule has 0 fully saturated rings. The summed E-state index contributed by atoms with van der Waals surface area (Å²) in [5.74, 6) is 0.484. The SMILES string of the molecule is CCc1noc(C)c1C(=O)N1CCc2[nH]cnc2C1c1cccnc1. The van der Waals surface area contributed by atoms with Gasteiger partial charge in [0, 0.05) is 31.1 Å². The number of carbonyl (C=O) groups excluding carboxylic acids is 1. The van der Waals surface area contributed by atoms with Crippen molar-refractivity contribution in [1.29, 1.82) is 0 Å². The van der Waals surface area contributed by atoms with Crippen LogP contribution in [0.2, 0.25) is 0 Å². The molecule has 25 heavy (non-hydrogen) atoms. The van der Waals surface area contributed by atoms with E-state index in [1.54, 1.807) is 25.6 Å². The first-order valence-electron chi connectivity index (χ1n) is 8.38. The van der Waals surface area contributed by atoms with E-state index in [-0.39, 0.29) is 11.9 Å². The fraction of sp³-hybridized carbons (Fsp3) is 0.333. The maximum atomic E-state index is 13.3. The van der Waals surface area contributed by atoms with Crippen molar-refractivity contribution in [2.45, 2.75) is 32.7 Å². The number of hydrogen-bond acceptors (Lipinski definition) is 5. The summed E-state index contributed by atoms with van der Waals surface area (Å²) in [6.45, 7) is 4.35. The lowest BCUT2D eigenvalue weighted by molar-refractivity contribution is 0.0687. The summed E-state index contributed by atoms with van der Waals surface area (Å²) < 4.78 is 5.26. The van der Waals surface area contributed by atoms with Crippen LogP contribution >= 0.6 is 0 Å². The Labute approximate surface area is 145 Å². The quantitative estimate of drug-likeness (QED) is 0.793. The molecule has 1 amide bonds. The Balaban J connectivity index is 1.80. The number of imidazole rings is 1. The molecule has 0 aliphatic carbocycles. The maximum Gasteiger partial charge on any atom is 0.260 e. The van der Waals surface area contributed by atoms with Gasteiger partial charge in [0.05, 0.1) is 17.7 Å². The Morgan fingerprint density at radius 3 is 3.12 bits per heavy atom. The monoisotopic (exact) mass is 337 g/mol. The van der Waals surface area contributed by atoms with Gasteiger partial charge in [-0.15, -0.1) is 0 Å². The molecule has 7 heteroatoms. The number of nitrogens with zero attached hydrogens (tertiary/aromatic N) is 4. The normalized spacial score (nSPS) is 16.7. The van der Waals surface area contributed by atoms with Gasteiger partial charge >= 0.3 is 0 Å². The maximum absolute atomic E-state index is 13.3. The lowest BCUT2D eigenvalue weighted by Gasteiger charge is -2.35. The minimum atomic E-state index is -0.268. The van der Waals surface area contributed by atoms with Gasteiger partial charge in [-0.2, -0.15) is 0 Å². The Kier molecular flexibility index (Phi) is 3.83. The molecule has 4 heterocycles. The number of aromatic nitrogens is 4. The molecule has 4 rings (SSSR count). The summed E-state index contributed by atoms with van der Waals surface area (Å²) in [4.78, 5) is 27.1. The predicted octanol–water partition coefficient (Wildman–Crippen LogP) is 2.45. The second-order valence-corrected chi connectivity index (χ2v) is 6.12. The first-order chi connectivity index (χ1) is 12.2. The topological polar surface area (TPSA) is 87.9 Å². The average Bonchev–Trinajstić information content (AvgIpc) is 3.27. The highest BCUT2D eigenvalue weighted by atomic mass is 16.5. The van der Waals surface area contributed by atoms with Crippen LogP contribution in [-0.2, 0) is 12.8 Å². The molecular formula is C18H19N5O2.